The number of aryl methyl sites for hydroxylation is 1. The summed E-state index contributed by atoms with van der Waals surface area (Å²) in [6, 6.07) is 11.4. The molecule has 0 fully saturated rings. The summed E-state index contributed by atoms with van der Waals surface area (Å²) in [7, 11) is 0. The molecule has 0 aliphatic rings. The number of hydrogen-bond acceptors (Lipinski definition) is 3. The minimum Gasteiger partial charge on any atom is -0.459 e. The van der Waals surface area contributed by atoms with Crippen molar-refractivity contribution in [3.8, 4) is 0 Å². The molecule has 122 valence electrons. The molecule has 0 spiro atoms. The van der Waals surface area contributed by atoms with Gasteiger partial charge in [-0.15, -0.1) is 0 Å². The number of nitrogens with one attached hydrogen (secondary N) is 2. The number of furan rings is 1. The van der Waals surface area contributed by atoms with Crippen molar-refractivity contribution in [2.45, 2.75) is 32.7 Å². The maximum Gasteiger partial charge on any atom is 0.286 e. The van der Waals surface area contributed by atoms with Gasteiger partial charge in [0.1, 0.15) is 0 Å². The van der Waals surface area contributed by atoms with Crippen molar-refractivity contribution in [3.05, 3.63) is 59.5 Å². The molecule has 0 bridgehead atoms. The van der Waals surface area contributed by atoms with E-state index in [0.717, 1.165) is 12.0 Å². The van der Waals surface area contributed by atoms with Gasteiger partial charge < -0.3 is 15.1 Å². The van der Waals surface area contributed by atoms with E-state index in [9.17, 15) is 9.59 Å². The van der Waals surface area contributed by atoms with E-state index in [-0.39, 0.29) is 36.6 Å². The van der Waals surface area contributed by atoms with Crippen molar-refractivity contribution in [3.63, 3.8) is 0 Å². The highest BCUT2D eigenvalue weighted by Gasteiger charge is 2.13. The number of amides is 2. The minimum absolute atomic E-state index is 0.0103. The van der Waals surface area contributed by atoms with E-state index in [1.807, 2.05) is 38.1 Å². The number of rotatable bonds is 7. The van der Waals surface area contributed by atoms with Gasteiger partial charge in [-0.3, -0.25) is 9.59 Å². The number of hydrogen-bond donors (Lipinski definition) is 2. The Kier molecular flexibility index (Phi) is 5.97. The molecule has 1 unspecified atom stereocenters. The van der Waals surface area contributed by atoms with Crippen molar-refractivity contribution in [2.75, 3.05) is 6.54 Å². The van der Waals surface area contributed by atoms with Gasteiger partial charge in [-0.2, -0.15) is 0 Å². The Bertz CT molecular complexity index is 633. The minimum atomic E-state index is -0.312. The zero-order chi connectivity index (χ0) is 16.7. The van der Waals surface area contributed by atoms with Gasteiger partial charge >= 0.3 is 0 Å². The molecule has 5 heteroatoms. The van der Waals surface area contributed by atoms with Crippen LogP contribution in [-0.2, 0) is 4.79 Å². The van der Waals surface area contributed by atoms with Crippen LogP contribution in [0.15, 0.2) is 47.1 Å². The predicted molar refractivity (Wildman–Crippen MR) is 88.0 cm³/mol. The smallest absolute Gasteiger partial charge is 0.286 e. The molecule has 1 aromatic carbocycles. The number of benzene rings is 1. The highest BCUT2D eigenvalue weighted by atomic mass is 16.3. The molecule has 1 atom stereocenters. The first-order valence-corrected chi connectivity index (χ1v) is 7.77. The largest absolute Gasteiger partial charge is 0.459 e. The maximum absolute atomic E-state index is 12.0. The van der Waals surface area contributed by atoms with Gasteiger partial charge in [0.25, 0.3) is 5.91 Å². The SMILES string of the molecule is CCC(NC(=O)CCNC(=O)c1ccco1)c1ccc(C)cc1. The van der Waals surface area contributed by atoms with Crippen molar-refractivity contribution in [1.29, 1.82) is 0 Å². The van der Waals surface area contributed by atoms with Gasteiger partial charge in [0.05, 0.1) is 12.3 Å². The number of carbonyl (C=O) groups excluding carboxylic acids is 2. The van der Waals surface area contributed by atoms with Crippen LogP contribution in [0.1, 0.15) is 47.5 Å². The summed E-state index contributed by atoms with van der Waals surface area (Å²) in [4.78, 5) is 23.7. The molecule has 1 heterocycles. The van der Waals surface area contributed by atoms with Gasteiger partial charge in [0.15, 0.2) is 5.76 Å². The molecule has 0 saturated carbocycles. The summed E-state index contributed by atoms with van der Waals surface area (Å²) < 4.78 is 4.99. The second-order valence-corrected chi connectivity index (χ2v) is 5.42. The lowest BCUT2D eigenvalue weighted by Crippen LogP contribution is -2.32. The second-order valence-electron chi connectivity index (χ2n) is 5.42. The molecule has 2 N–H and O–H groups in total. The average molecular weight is 314 g/mol. The van der Waals surface area contributed by atoms with Crippen LogP contribution >= 0.6 is 0 Å². The molecular formula is C18H22N2O3. The summed E-state index contributed by atoms with van der Waals surface area (Å²) in [5.41, 5.74) is 2.28. The van der Waals surface area contributed by atoms with Gasteiger partial charge in [0, 0.05) is 13.0 Å². The average Bonchev–Trinajstić information content (AvgIpc) is 3.08. The quantitative estimate of drug-likeness (QED) is 0.825. The molecule has 5 nitrogen and oxygen atoms in total. The van der Waals surface area contributed by atoms with Crippen LogP contribution in [-0.4, -0.2) is 18.4 Å². The van der Waals surface area contributed by atoms with Crippen LogP contribution in [0.2, 0.25) is 0 Å². The zero-order valence-electron chi connectivity index (χ0n) is 13.5. The van der Waals surface area contributed by atoms with Crippen LogP contribution < -0.4 is 10.6 Å². The molecule has 2 aromatic rings. The third-order valence-corrected chi connectivity index (χ3v) is 3.61. The normalized spacial score (nSPS) is 11.7. The Balaban J connectivity index is 1.79. The fraction of sp³-hybridized carbons (Fsp3) is 0.333. The summed E-state index contributed by atoms with van der Waals surface area (Å²) >= 11 is 0. The van der Waals surface area contributed by atoms with E-state index in [1.54, 1.807) is 12.1 Å². The molecule has 23 heavy (non-hydrogen) atoms. The van der Waals surface area contributed by atoms with E-state index in [2.05, 4.69) is 10.6 Å². The Hall–Kier alpha value is -2.56. The van der Waals surface area contributed by atoms with Crippen LogP contribution in [0, 0.1) is 6.92 Å². The fourth-order valence-electron chi connectivity index (χ4n) is 2.27. The van der Waals surface area contributed by atoms with Crippen LogP contribution in [0.25, 0.3) is 0 Å². The lowest BCUT2D eigenvalue weighted by atomic mass is 10.0. The standard InChI is InChI=1S/C18H22N2O3/c1-3-15(14-8-6-13(2)7-9-14)20-17(21)10-11-19-18(22)16-5-4-12-23-16/h4-9,12,15H,3,10-11H2,1-2H3,(H,19,22)(H,20,21). The molecule has 2 rings (SSSR count). The van der Waals surface area contributed by atoms with Crippen LogP contribution in [0.4, 0.5) is 0 Å². The highest BCUT2D eigenvalue weighted by Crippen LogP contribution is 2.17. The van der Waals surface area contributed by atoms with Crippen molar-refractivity contribution in [1.82, 2.24) is 10.6 Å². The van der Waals surface area contributed by atoms with E-state index in [1.165, 1.54) is 11.8 Å². The van der Waals surface area contributed by atoms with Crippen molar-refractivity contribution >= 4 is 11.8 Å². The number of carbonyl (C=O) groups is 2. The lowest BCUT2D eigenvalue weighted by Gasteiger charge is -2.17. The predicted octanol–water partition coefficient (Wildman–Crippen LogP) is 2.98. The molecule has 2 amide bonds. The molecular weight excluding hydrogens is 292 g/mol. The Labute approximate surface area is 136 Å². The van der Waals surface area contributed by atoms with Gasteiger partial charge in [-0.05, 0) is 31.0 Å². The van der Waals surface area contributed by atoms with E-state index < -0.39 is 0 Å². The topological polar surface area (TPSA) is 71.3 Å². The maximum atomic E-state index is 12.0. The van der Waals surface area contributed by atoms with Crippen molar-refractivity contribution in [2.24, 2.45) is 0 Å². The Morgan fingerprint density at radius 2 is 1.91 bits per heavy atom. The molecule has 0 aliphatic heterocycles. The second kappa shape index (κ2) is 8.17. The first kappa shape index (κ1) is 16.8. The first-order valence-electron chi connectivity index (χ1n) is 7.77. The lowest BCUT2D eigenvalue weighted by molar-refractivity contribution is -0.121. The van der Waals surface area contributed by atoms with Gasteiger partial charge in [-0.1, -0.05) is 36.8 Å². The van der Waals surface area contributed by atoms with E-state index in [0.29, 0.717) is 0 Å². The van der Waals surface area contributed by atoms with Crippen LogP contribution in [0.5, 0.6) is 0 Å². The van der Waals surface area contributed by atoms with Gasteiger partial charge in [-0.25, -0.2) is 0 Å². The summed E-state index contributed by atoms with van der Waals surface area (Å²) in [5, 5.41) is 5.66. The summed E-state index contributed by atoms with van der Waals surface area (Å²) in [5.74, 6) is -0.151. The van der Waals surface area contributed by atoms with Crippen LogP contribution in [0.3, 0.4) is 0 Å². The van der Waals surface area contributed by atoms with Crippen molar-refractivity contribution < 1.29 is 14.0 Å². The summed E-state index contributed by atoms with van der Waals surface area (Å²) in [6.07, 6.45) is 2.48. The van der Waals surface area contributed by atoms with E-state index in [4.69, 9.17) is 4.42 Å². The zero-order valence-corrected chi connectivity index (χ0v) is 13.5. The monoisotopic (exact) mass is 314 g/mol. The third-order valence-electron chi connectivity index (χ3n) is 3.61. The Morgan fingerprint density at radius 1 is 1.17 bits per heavy atom. The van der Waals surface area contributed by atoms with Gasteiger partial charge in [0.2, 0.25) is 5.91 Å². The molecule has 1 aromatic heterocycles. The highest BCUT2D eigenvalue weighted by molar-refractivity contribution is 5.91. The molecule has 0 aliphatic carbocycles. The molecule has 0 radical (unpaired) electrons. The Morgan fingerprint density at radius 3 is 2.52 bits per heavy atom. The first-order chi connectivity index (χ1) is 11.1. The molecule has 0 saturated heterocycles. The third kappa shape index (κ3) is 4.98. The fourth-order valence-corrected chi connectivity index (χ4v) is 2.27. The summed E-state index contributed by atoms with van der Waals surface area (Å²) in [6.45, 7) is 4.34. The van der Waals surface area contributed by atoms with E-state index >= 15 is 0 Å².